The van der Waals surface area contributed by atoms with E-state index in [2.05, 4.69) is 11.9 Å². The van der Waals surface area contributed by atoms with E-state index in [-0.39, 0.29) is 19.0 Å². The summed E-state index contributed by atoms with van der Waals surface area (Å²) in [4.78, 5) is 28.6. The van der Waals surface area contributed by atoms with E-state index in [1.807, 2.05) is 0 Å². The summed E-state index contributed by atoms with van der Waals surface area (Å²) in [5.41, 5.74) is 0. The SMILES string of the molecule is CN1CCC(CN(C)C(=O)N2CC(O)CC2C(=O)O)C1. The molecule has 114 valence electrons. The lowest BCUT2D eigenvalue weighted by Gasteiger charge is -2.29. The van der Waals surface area contributed by atoms with Crippen molar-refractivity contribution in [1.29, 1.82) is 0 Å². The van der Waals surface area contributed by atoms with Crippen molar-refractivity contribution < 1.29 is 19.8 Å². The van der Waals surface area contributed by atoms with Gasteiger partial charge in [0.15, 0.2) is 0 Å². The second-order valence-electron chi connectivity index (χ2n) is 5.98. The minimum absolute atomic E-state index is 0.102. The number of nitrogens with zero attached hydrogens (tertiary/aromatic N) is 3. The first-order valence-electron chi connectivity index (χ1n) is 6.99. The Balaban J connectivity index is 1.93. The van der Waals surface area contributed by atoms with Crippen LogP contribution in [0.2, 0.25) is 0 Å². The van der Waals surface area contributed by atoms with Gasteiger partial charge in [-0.3, -0.25) is 0 Å². The third-order valence-corrected chi connectivity index (χ3v) is 4.16. The molecule has 0 aromatic heterocycles. The summed E-state index contributed by atoms with van der Waals surface area (Å²) in [6.07, 6.45) is 0.422. The molecule has 2 aliphatic rings. The Bertz CT molecular complexity index is 390. The summed E-state index contributed by atoms with van der Waals surface area (Å²) in [5.74, 6) is -0.617. The van der Waals surface area contributed by atoms with Crippen molar-refractivity contribution in [2.75, 3.05) is 40.3 Å². The fourth-order valence-electron chi connectivity index (χ4n) is 3.12. The lowest BCUT2D eigenvalue weighted by Crippen LogP contribution is -2.48. The lowest BCUT2D eigenvalue weighted by molar-refractivity contribution is -0.141. The maximum Gasteiger partial charge on any atom is 0.326 e. The first kappa shape index (κ1) is 15.1. The fraction of sp³-hybridized carbons (Fsp3) is 0.846. The van der Waals surface area contributed by atoms with Gasteiger partial charge in [0.05, 0.1) is 6.10 Å². The number of rotatable bonds is 3. The number of carboxylic acids is 1. The standard InChI is InChI=1S/C13H23N3O4/c1-14-4-3-9(6-14)7-15(2)13(20)16-8-10(17)5-11(16)12(18)19/h9-11,17H,3-8H2,1-2H3,(H,18,19). The Kier molecular flexibility index (Phi) is 4.49. The molecule has 0 radical (unpaired) electrons. The highest BCUT2D eigenvalue weighted by Gasteiger charge is 2.40. The first-order valence-corrected chi connectivity index (χ1v) is 6.99. The summed E-state index contributed by atoms with van der Waals surface area (Å²) in [7, 11) is 3.75. The first-order chi connectivity index (χ1) is 9.38. The number of carboxylic acid groups (broad SMARTS) is 1. The molecule has 2 saturated heterocycles. The number of β-amino-alcohol motifs (C(OH)–C–C–N with tert-alkyl or cyclic N) is 1. The van der Waals surface area contributed by atoms with Gasteiger partial charge >= 0.3 is 12.0 Å². The van der Waals surface area contributed by atoms with E-state index in [0.29, 0.717) is 12.5 Å². The minimum Gasteiger partial charge on any atom is -0.480 e. The smallest absolute Gasteiger partial charge is 0.326 e. The number of aliphatic carboxylic acids is 1. The van der Waals surface area contributed by atoms with Crippen LogP contribution in [0.1, 0.15) is 12.8 Å². The Labute approximate surface area is 118 Å². The molecule has 0 aromatic rings. The van der Waals surface area contributed by atoms with Gasteiger partial charge in [0.2, 0.25) is 0 Å². The van der Waals surface area contributed by atoms with Crippen LogP contribution in [0.4, 0.5) is 4.79 Å². The van der Waals surface area contributed by atoms with E-state index >= 15 is 0 Å². The number of urea groups is 1. The lowest BCUT2D eigenvalue weighted by atomic mass is 10.1. The quantitative estimate of drug-likeness (QED) is 0.731. The number of likely N-dealkylation sites (tertiary alicyclic amines) is 2. The highest BCUT2D eigenvalue weighted by molar-refractivity contribution is 5.83. The van der Waals surface area contributed by atoms with Gasteiger partial charge in [0.25, 0.3) is 0 Å². The molecule has 3 unspecified atom stereocenters. The number of aliphatic hydroxyl groups excluding tert-OH is 1. The zero-order valence-electron chi connectivity index (χ0n) is 12.0. The van der Waals surface area contributed by atoms with E-state index in [9.17, 15) is 14.7 Å². The summed E-state index contributed by atoms with van der Waals surface area (Å²) in [6, 6.07) is -1.21. The van der Waals surface area contributed by atoms with Crippen LogP contribution in [-0.4, -0.2) is 89.3 Å². The van der Waals surface area contributed by atoms with Crippen molar-refractivity contribution >= 4 is 12.0 Å². The van der Waals surface area contributed by atoms with Crippen molar-refractivity contribution in [2.24, 2.45) is 5.92 Å². The van der Waals surface area contributed by atoms with Crippen LogP contribution in [-0.2, 0) is 4.79 Å². The predicted octanol–water partition coefficient (Wildman–Crippen LogP) is -0.490. The normalized spacial score (nSPS) is 30.8. The molecule has 2 rings (SSSR count). The van der Waals surface area contributed by atoms with Gasteiger partial charge in [-0.05, 0) is 25.9 Å². The summed E-state index contributed by atoms with van der Waals surface area (Å²) < 4.78 is 0. The second kappa shape index (κ2) is 5.97. The van der Waals surface area contributed by atoms with Crippen molar-refractivity contribution in [3.8, 4) is 0 Å². The number of amides is 2. The maximum atomic E-state index is 12.3. The topological polar surface area (TPSA) is 84.3 Å². The minimum atomic E-state index is -1.05. The van der Waals surface area contributed by atoms with Gasteiger partial charge in [-0.1, -0.05) is 0 Å². The third kappa shape index (κ3) is 3.21. The molecule has 3 atom stereocenters. The fourth-order valence-corrected chi connectivity index (χ4v) is 3.12. The van der Waals surface area contributed by atoms with Crippen LogP contribution in [0.3, 0.4) is 0 Å². The van der Waals surface area contributed by atoms with Gasteiger partial charge in [0, 0.05) is 33.1 Å². The van der Waals surface area contributed by atoms with Crippen LogP contribution in [0, 0.1) is 5.92 Å². The van der Waals surface area contributed by atoms with E-state index in [0.717, 1.165) is 19.5 Å². The van der Waals surface area contributed by atoms with E-state index in [1.54, 1.807) is 11.9 Å². The molecule has 0 spiro atoms. The molecule has 2 fully saturated rings. The monoisotopic (exact) mass is 285 g/mol. The molecule has 7 nitrogen and oxygen atoms in total. The van der Waals surface area contributed by atoms with Gasteiger partial charge in [0.1, 0.15) is 6.04 Å². The molecule has 2 aliphatic heterocycles. The molecule has 20 heavy (non-hydrogen) atoms. The summed E-state index contributed by atoms with van der Waals surface area (Å²) in [6.45, 7) is 2.72. The number of carbonyl (C=O) groups is 2. The molecule has 0 aromatic carbocycles. The largest absolute Gasteiger partial charge is 0.480 e. The Morgan fingerprint density at radius 1 is 1.35 bits per heavy atom. The van der Waals surface area contributed by atoms with Crippen molar-refractivity contribution in [1.82, 2.24) is 14.7 Å². The maximum absolute atomic E-state index is 12.3. The van der Waals surface area contributed by atoms with Crippen molar-refractivity contribution in [3.05, 3.63) is 0 Å². The average molecular weight is 285 g/mol. The van der Waals surface area contributed by atoms with E-state index in [1.165, 1.54) is 4.90 Å². The zero-order chi connectivity index (χ0) is 14.9. The highest BCUT2D eigenvalue weighted by atomic mass is 16.4. The second-order valence-corrected chi connectivity index (χ2v) is 5.98. The van der Waals surface area contributed by atoms with Crippen molar-refractivity contribution in [3.63, 3.8) is 0 Å². The van der Waals surface area contributed by atoms with E-state index < -0.39 is 18.1 Å². The summed E-state index contributed by atoms with van der Waals surface area (Å²) in [5, 5.41) is 18.7. The third-order valence-electron chi connectivity index (χ3n) is 4.16. The summed E-state index contributed by atoms with van der Waals surface area (Å²) >= 11 is 0. The van der Waals surface area contributed by atoms with Gasteiger partial charge in [-0.2, -0.15) is 0 Å². The number of hydrogen-bond donors (Lipinski definition) is 2. The molecule has 0 saturated carbocycles. The molecule has 0 bridgehead atoms. The number of hydrogen-bond acceptors (Lipinski definition) is 4. The number of aliphatic hydroxyl groups is 1. The van der Waals surface area contributed by atoms with Crippen LogP contribution in [0.15, 0.2) is 0 Å². The average Bonchev–Trinajstić information content (AvgIpc) is 2.94. The Hall–Kier alpha value is -1.34. The van der Waals surface area contributed by atoms with Gasteiger partial charge in [-0.25, -0.2) is 9.59 Å². The highest BCUT2D eigenvalue weighted by Crippen LogP contribution is 2.21. The Morgan fingerprint density at radius 2 is 2.05 bits per heavy atom. The van der Waals surface area contributed by atoms with Crippen LogP contribution in [0.5, 0.6) is 0 Å². The molecule has 2 amide bonds. The molecular formula is C13H23N3O4. The molecule has 2 N–H and O–H groups in total. The predicted molar refractivity (Wildman–Crippen MR) is 72.4 cm³/mol. The molecule has 2 heterocycles. The van der Waals surface area contributed by atoms with Gasteiger partial charge < -0.3 is 24.9 Å². The van der Waals surface area contributed by atoms with Crippen molar-refractivity contribution in [2.45, 2.75) is 25.0 Å². The molecular weight excluding hydrogens is 262 g/mol. The van der Waals surface area contributed by atoms with Crippen LogP contribution >= 0.6 is 0 Å². The Morgan fingerprint density at radius 3 is 2.60 bits per heavy atom. The van der Waals surface area contributed by atoms with Gasteiger partial charge in [-0.15, -0.1) is 0 Å². The van der Waals surface area contributed by atoms with Crippen LogP contribution < -0.4 is 0 Å². The molecule has 0 aliphatic carbocycles. The van der Waals surface area contributed by atoms with Crippen LogP contribution in [0.25, 0.3) is 0 Å². The molecule has 7 heteroatoms. The zero-order valence-corrected chi connectivity index (χ0v) is 12.0. The van der Waals surface area contributed by atoms with E-state index in [4.69, 9.17) is 5.11 Å². The number of carbonyl (C=O) groups excluding carboxylic acids is 1.